The Bertz CT molecular complexity index is 226. The van der Waals surface area contributed by atoms with Gasteiger partial charge in [0, 0.05) is 12.7 Å². The normalized spacial score (nSPS) is 13.2. The van der Waals surface area contributed by atoms with E-state index in [4.69, 9.17) is 9.16 Å². The molecule has 16 heavy (non-hydrogen) atoms. The van der Waals surface area contributed by atoms with Crippen LogP contribution in [-0.4, -0.2) is 27.5 Å². The summed E-state index contributed by atoms with van der Waals surface area (Å²) in [5.74, 6) is -0.339. The lowest BCUT2D eigenvalue weighted by molar-refractivity contribution is -0.137. The monoisotopic (exact) mass is 244 g/mol. The molecule has 0 saturated carbocycles. The number of ether oxygens (including phenoxy) is 1. The second-order valence-corrected chi connectivity index (χ2v) is 8.93. The van der Waals surface area contributed by atoms with Crippen LogP contribution in [0, 0.1) is 0 Å². The lowest BCUT2D eigenvalue weighted by atomic mass is 10.2. The maximum Gasteiger partial charge on any atom is 0.330 e. The number of carbonyl (C=O) groups is 1. The third-order valence-corrected chi connectivity index (χ3v) is 6.59. The molecule has 0 aliphatic carbocycles. The molecule has 0 bridgehead atoms. The minimum absolute atomic E-state index is 0.339. The molecule has 0 radical (unpaired) electrons. The SMILES string of the molecule is C=CC(=O)OCCCC(C)[Si](C)(C)OCC. The second kappa shape index (κ2) is 7.63. The molecule has 0 aromatic rings. The van der Waals surface area contributed by atoms with Crippen molar-refractivity contribution in [2.24, 2.45) is 0 Å². The van der Waals surface area contributed by atoms with Crippen LogP contribution in [0.15, 0.2) is 12.7 Å². The van der Waals surface area contributed by atoms with E-state index >= 15 is 0 Å². The van der Waals surface area contributed by atoms with Crippen molar-refractivity contribution in [2.75, 3.05) is 13.2 Å². The third kappa shape index (κ3) is 6.08. The van der Waals surface area contributed by atoms with Crippen LogP contribution in [0.2, 0.25) is 18.6 Å². The first kappa shape index (κ1) is 15.4. The molecule has 0 aliphatic rings. The van der Waals surface area contributed by atoms with Gasteiger partial charge in [0.25, 0.3) is 0 Å². The minimum Gasteiger partial charge on any atom is -0.463 e. The van der Waals surface area contributed by atoms with Crippen molar-refractivity contribution in [1.29, 1.82) is 0 Å². The van der Waals surface area contributed by atoms with E-state index in [0.717, 1.165) is 19.4 Å². The molecule has 0 N–H and O–H groups in total. The van der Waals surface area contributed by atoms with Gasteiger partial charge < -0.3 is 9.16 Å². The first-order valence-electron chi connectivity index (χ1n) is 5.87. The van der Waals surface area contributed by atoms with Crippen LogP contribution in [0.4, 0.5) is 0 Å². The topological polar surface area (TPSA) is 35.5 Å². The predicted molar refractivity (Wildman–Crippen MR) is 68.9 cm³/mol. The van der Waals surface area contributed by atoms with Gasteiger partial charge in [0.2, 0.25) is 0 Å². The van der Waals surface area contributed by atoms with E-state index in [1.54, 1.807) is 0 Å². The van der Waals surface area contributed by atoms with Gasteiger partial charge in [-0.15, -0.1) is 0 Å². The van der Waals surface area contributed by atoms with E-state index in [0.29, 0.717) is 12.1 Å². The van der Waals surface area contributed by atoms with E-state index in [9.17, 15) is 4.79 Å². The fraction of sp³-hybridized carbons (Fsp3) is 0.750. The maximum absolute atomic E-state index is 10.8. The molecule has 0 aromatic carbocycles. The molecule has 0 aliphatic heterocycles. The Morgan fingerprint density at radius 2 is 2.12 bits per heavy atom. The van der Waals surface area contributed by atoms with Crippen LogP contribution in [0.25, 0.3) is 0 Å². The van der Waals surface area contributed by atoms with E-state index < -0.39 is 8.32 Å². The maximum atomic E-state index is 10.8. The molecule has 1 atom stereocenters. The fourth-order valence-electron chi connectivity index (χ4n) is 1.48. The summed E-state index contributed by atoms with van der Waals surface area (Å²) in [5, 5.41) is 0. The highest BCUT2D eigenvalue weighted by Crippen LogP contribution is 2.27. The van der Waals surface area contributed by atoms with Crippen molar-refractivity contribution >= 4 is 14.3 Å². The molecule has 0 saturated heterocycles. The van der Waals surface area contributed by atoms with Crippen LogP contribution in [0.1, 0.15) is 26.7 Å². The Morgan fingerprint density at radius 3 is 2.62 bits per heavy atom. The summed E-state index contributed by atoms with van der Waals surface area (Å²) in [7, 11) is -1.55. The van der Waals surface area contributed by atoms with Crippen LogP contribution in [0.5, 0.6) is 0 Å². The number of esters is 1. The molecule has 0 heterocycles. The Kier molecular flexibility index (Phi) is 7.33. The highest BCUT2D eigenvalue weighted by Gasteiger charge is 2.29. The Morgan fingerprint density at radius 1 is 1.50 bits per heavy atom. The zero-order valence-corrected chi connectivity index (χ0v) is 11.9. The van der Waals surface area contributed by atoms with E-state index in [-0.39, 0.29) is 5.97 Å². The summed E-state index contributed by atoms with van der Waals surface area (Å²) < 4.78 is 10.7. The van der Waals surface area contributed by atoms with Gasteiger partial charge >= 0.3 is 5.97 Å². The molecule has 1 unspecified atom stereocenters. The molecule has 0 aromatic heterocycles. The summed E-state index contributed by atoms with van der Waals surface area (Å²) in [6.45, 7) is 13.3. The quantitative estimate of drug-likeness (QED) is 0.285. The van der Waals surface area contributed by atoms with Crippen LogP contribution in [-0.2, 0) is 14.0 Å². The van der Waals surface area contributed by atoms with Gasteiger partial charge in [0.15, 0.2) is 8.32 Å². The van der Waals surface area contributed by atoms with Crippen molar-refractivity contribution < 1.29 is 14.0 Å². The van der Waals surface area contributed by atoms with Gasteiger partial charge in [-0.1, -0.05) is 13.5 Å². The first-order valence-corrected chi connectivity index (χ1v) is 8.85. The number of hydrogen-bond donors (Lipinski definition) is 0. The fourth-order valence-corrected chi connectivity index (χ4v) is 3.41. The summed E-state index contributed by atoms with van der Waals surface area (Å²) >= 11 is 0. The number of carbonyl (C=O) groups excluding carboxylic acids is 1. The van der Waals surface area contributed by atoms with Crippen LogP contribution < -0.4 is 0 Å². The van der Waals surface area contributed by atoms with E-state index in [1.165, 1.54) is 6.08 Å². The minimum atomic E-state index is -1.55. The highest BCUT2D eigenvalue weighted by atomic mass is 28.4. The number of hydrogen-bond acceptors (Lipinski definition) is 3. The van der Waals surface area contributed by atoms with Crippen molar-refractivity contribution in [2.45, 2.75) is 45.3 Å². The van der Waals surface area contributed by atoms with Crippen molar-refractivity contribution in [3.05, 3.63) is 12.7 Å². The Balaban J connectivity index is 3.76. The van der Waals surface area contributed by atoms with Crippen LogP contribution in [0.3, 0.4) is 0 Å². The zero-order valence-electron chi connectivity index (χ0n) is 10.9. The van der Waals surface area contributed by atoms with Gasteiger partial charge in [0.1, 0.15) is 0 Å². The van der Waals surface area contributed by atoms with Crippen molar-refractivity contribution in [3.8, 4) is 0 Å². The zero-order chi connectivity index (χ0) is 12.6. The smallest absolute Gasteiger partial charge is 0.330 e. The molecule has 0 spiro atoms. The molecule has 3 nitrogen and oxygen atoms in total. The van der Waals surface area contributed by atoms with Gasteiger partial charge in [0.05, 0.1) is 6.61 Å². The second-order valence-electron chi connectivity index (χ2n) is 4.45. The molecular weight excluding hydrogens is 220 g/mol. The third-order valence-electron chi connectivity index (χ3n) is 2.90. The Labute approximate surface area is 100.0 Å². The van der Waals surface area contributed by atoms with E-state index in [1.807, 2.05) is 6.92 Å². The van der Waals surface area contributed by atoms with Crippen molar-refractivity contribution in [1.82, 2.24) is 0 Å². The largest absolute Gasteiger partial charge is 0.463 e. The first-order chi connectivity index (χ1) is 7.44. The molecule has 0 amide bonds. The van der Waals surface area contributed by atoms with Gasteiger partial charge in [-0.3, -0.25) is 0 Å². The lowest BCUT2D eigenvalue weighted by Crippen LogP contribution is -2.35. The molecule has 4 heteroatoms. The highest BCUT2D eigenvalue weighted by molar-refractivity contribution is 6.72. The number of rotatable bonds is 8. The molecule has 0 rings (SSSR count). The molecule has 94 valence electrons. The summed E-state index contributed by atoms with van der Waals surface area (Å²) in [4.78, 5) is 10.8. The lowest BCUT2D eigenvalue weighted by Gasteiger charge is -2.29. The summed E-state index contributed by atoms with van der Waals surface area (Å²) in [6.07, 6.45) is 3.14. The average molecular weight is 244 g/mol. The van der Waals surface area contributed by atoms with Gasteiger partial charge in [-0.05, 0) is 38.4 Å². The standard InChI is InChI=1S/C12H24O3Si/c1-6-12(13)14-10-8-9-11(3)16(4,5)15-7-2/h6,11H,1,7-10H2,2-5H3. The van der Waals surface area contributed by atoms with Crippen LogP contribution >= 0.6 is 0 Å². The van der Waals surface area contributed by atoms with Gasteiger partial charge in [-0.2, -0.15) is 0 Å². The summed E-state index contributed by atoms with van der Waals surface area (Å²) in [6, 6.07) is 0. The molecular formula is C12H24O3Si. The van der Waals surface area contributed by atoms with Crippen molar-refractivity contribution in [3.63, 3.8) is 0 Å². The van der Waals surface area contributed by atoms with Gasteiger partial charge in [-0.25, -0.2) is 4.79 Å². The molecule has 0 fully saturated rings. The predicted octanol–water partition coefficient (Wildman–Crippen LogP) is 3.13. The van der Waals surface area contributed by atoms with E-state index in [2.05, 4.69) is 26.6 Å². The Hall–Kier alpha value is -0.613. The summed E-state index contributed by atoms with van der Waals surface area (Å²) in [5.41, 5.74) is 0.579. The average Bonchev–Trinajstić information content (AvgIpc) is 2.23.